The van der Waals surface area contributed by atoms with Crippen molar-refractivity contribution >= 4 is 12.4 Å². The summed E-state index contributed by atoms with van der Waals surface area (Å²) in [5.74, 6) is 1.94. The van der Waals surface area contributed by atoms with Gasteiger partial charge in [0.15, 0.2) is 0 Å². The summed E-state index contributed by atoms with van der Waals surface area (Å²) in [5.41, 5.74) is 5.82. The molecular formula is C7H14ClN. The monoisotopic (exact) mass is 147 g/mol. The molecular weight excluding hydrogens is 134 g/mol. The number of hydrogen-bond donors (Lipinski definition) is 1. The quantitative estimate of drug-likeness (QED) is 0.553. The van der Waals surface area contributed by atoms with Gasteiger partial charge >= 0.3 is 0 Å². The Balaban J connectivity index is 0.000000405. The van der Waals surface area contributed by atoms with E-state index in [0.717, 1.165) is 11.8 Å². The normalized spacial score (nSPS) is 47.0. The Bertz CT molecular complexity index is 103. The summed E-state index contributed by atoms with van der Waals surface area (Å²) in [5, 5.41) is 0. The minimum absolute atomic E-state index is 0. The molecule has 2 aliphatic carbocycles. The average Bonchev–Trinajstić information content (AvgIpc) is 2.23. The molecule has 54 valence electrons. The van der Waals surface area contributed by atoms with Crippen molar-refractivity contribution in [3.05, 3.63) is 0 Å². The SMILES string of the molecule is Cl.NC1C[C@@H]2CC[C@H]1C2. The number of halogens is 1. The summed E-state index contributed by atoms with van der Waals surface area (Å²) in [6.45, 7) is 0. The molecule has 0 saturated heterocycles. The molecule has 0 aromatic rings. The summed E-state index contributed by atoms with van der Waals surface area (Å²) < 4.78 is 0. The standard InChI is InChI=1S/C7H13N.ClH/c8-7-4-5-1-2-6(7)3-5;/h5-7H,1-4,8H2;1H/t5-,6+,7?;/m1./s1. The van der Waals surface area contributed by atoms with Gasteiger partial charge in [-0.15, -0.1) is 12.4 Å². The van der Waals surface area contributed by atoms with E-state index in [1.165, 1.54) is 25.7 Å². The predicted molar refractivity (Wildman–Crippen MR) is 40.7 cm³/mol. The third-order valence-corrected chi connectivity index (χ3v) is 2.79. The van der Waals surface area contributed by atoms with E-state index >= 15 is 0 Å². The van der Waals surface area contributed by atoms with Crippen LogP contribution in [0.3, 0.4) is 0 Å². The van der Waals surface area contributed by atoms with Gasteiger partial charge in [-0.25, -0.2) is 0 Å². The molecule has 0 radical (unpaired) electrons. The highest BCUT2D eigenvalue weighted by Crippen LogP contribution is 2.43. The largest absolute Gasteiger partial charge is 0.327 e. The Morgan fingerprint density at radius 1 is 1.11 bits per heavy atom. The zero-order valence-electron chi connectivity index (χ0n) is 5.55. The van der Waals surface area contributed by atoms with Crippen molar-refractivity contribution < 1.29 is 0 Å². The van der Waals surface area contributed by atoms with Crippen LogP contribution >= 0.6 is 12.4 Å². The first-order chi connectivity index (χ1) is 3.86. The van der Waals surface area contributed by atoms with Gasteiger partial charge in [0, 0.05) is 6.04 Å². The fourth-order valence-corrected chi connectivity index (χ4v) is 2.29. The maximum Gasteiger partial charge on any atom is 0.00699 e. The van der Waals surface area contributed by atoms with Gasteiger partial charge in [-0.2, -0.15) is 0 Å². The Morgan fingerprint density at radius 3 is 2.11 bits per heavy atom. The van der Waals surface area contributed by atoms with Crippen LogP contribution in [-0.4, -0.2) is 6.04 Å². The second kappa shape index (κ2) is 2.47. The molecule has 9 heavy (non-hydrogen) atoms. The molecule has 1 nitrogen and oxygen atoms in total. The zero-order chi connectivity index (χ0) is 5.56. The van der Waals surface area contributed by atoms with E-state index in [9.17, 15) is 0 Å². The maximum atomic E-state index is 5.82. The predicted octanol–water partition coefficient (Wildman–Crippen LogP) is 1.56. The van der Waals surface area contributed by atoms with E-state index in [2.05, 4.69) is 0 Å². The van der Waals surface area contributed by atoms with E-state index in [-0.39, 0.29) is 12.4 Å². The van der Waals surface area contributed by atoms with Crippen LogP contribution in [0, 0.1) is 11.8 Å². The van der Waals surface area contributed by atoms with Crippen molar-refractivity contribution in [1.29, 1.82) is 0 Å². The molecule has 2 bridgehead atoms. The highest BCUT2D eigenvalue weighted by atomic mass is 35.5. The molecule has 3 atom stereocenters. The van der Waals surface area contributed by atoms with Crippen LogP contribution in [0.1, 0.15) is 25.7 Å². The summed E-state index contributed by atoms with van der Waals surface area (Å²) in [6, 6.07) is 0.578. The first kappa shape index (κ1) is 7.36. The topological polar surface area (TPSA) is 26.0 Å². The Labute approximate surface area is 62.4 Å². The van der Waals surface area contributed by atoms with Crippen LogP contribution in [0.25, 0.3) is 0 Å². The summed E-state index contributed by atoms with van der Waals surface area (Å²) in [7, 11) is 0. The second-order valence-corrected chi connectivity index (χ2v) is 3.34. The number of nitrogens with two attached hydrogens (primary N) is 1. The van der Waals surface area contributed by atoms with Crippen molar-refractivity contribution in [2.75, 3.05) is 0 Å². The Hall–Kier alpha value is 0.250. The van der Waals surface area contributed by atoms with Gasteiger partial charge in [-0.05, 0) is 31.1 Å². The summed E-state index contributed by atoms with van der Waals surface area (Å²) in [4.78, 5) is 0. The van der Waals surface area contributed by atoms with Crippen molar-refractivity contribution in [2.45, 2.75) is 31.7 Å². The average molecular weight is 148 g/mol. The van der Waals surface area contributed by atoms with Gasteiger partial charge in [0.25, 0.3) is 0 Å². The van der Waals surface area contributed by atoms with Crippen LogP contribution in [0.2, 0.25) is 0 Å². The van der Waals surface area contributed by atoms with Crippen LogP contribution in [0.4, 0.5) is 0 Å². The molecule has 0 aromatic heterocycles. The molecule has 2 rings (SSSR count). The lowest BCUT2D eigenvalue weighted by Gasteiger charge is -2.15. The van der Waals surface area contributed by atoms with Crippen LogP contribution in [0.15, 0.2) is 0 Å². The molecule has 2 aliphatic rings. The fraction of sp³-hybridized carbons (Fsp3) is 1.00. The molecule has 0 aliphatic heterocycles. The fourth-order valence-electron chi connectivity index (χ4n) is 2.29. The lowest BCUT2D eigenvalue weighted by molar-refractivity contribution is 0.418. The number of fused-ring (bicyclic) bond motifs is 2. The highest BCUT2D eigenvalue weighted by molar-refractivity contribution is 5.85. The van der Waals surface area contributed by atoms with Crippen LogP contribution < -0.4 is 5.73 Å². The van der Waals surface area contributed by atoms with E-state index in [1.807, 2.05) is 0 Å². The second-order valence-electron chi connectivity index (χ2n) is 3.34. The zero-order valence-corrected chi connectivity index (χ0v) is 6.36. The summed E-state index contributed by atoms with van der Waals surface area (Å²) in [6.07, 6.45) is 5.66. The van der Waals surface area contributed by atoms with Gasteiger partial charge in [0.1, 0.15) is 0 Å². The highest BCUT2D eigenvalue weighted by Gasteiger charge is 2.36. The van der Waals surface area contributed by atoms with Gasteiger partial charge in [-0.1, -0.05) is 6.42 Å². The van der Waals surface area contributed by atoms with Crippen LogP contribution in [0.5, 0.6) is 0 Å². The smallest absolute Gasteiger partial charge is 0.00699 e. The molecule has 0 heterocycles. The number of hydrogen-bond acceptors (Lipinski definition) is 1. The molecule has 0 amide bonds. The van der Waals surface area contributed by atoms with Crippen LogP contribution in [-0.2, 0) is 0 Å². The summed E-state index contributed by atoms with van der Waals surface area (Å²) >= 11 is 0. The van der Waals surface area contributed by atoms with Crippen molar-refractivity contribution in [3.63, 3.8) is 0 Å². The molecule has 0 aromatic carbocycles. The van der Waals surface area contributed by atoms with E-state index in [1.54, 1.807) is 0 Å². The van der Waals surface area contributed by atoms with E-state index in [0.29, 0.717) is 6.04 Å². The first-order valence-corrected chi connectivity index (χ1v) is 3.62. The van der Waals surface area contributed by atoms with Gasteiger partial charge in [-0.3, -0.25) is 0 Å². The lowest BCUT2D eigenvalue weighted by Crippen LogP contribution is -2.26. The van der Waals surface area contributed by atoms with E-state index in [4.69, 9.17) is 5.73 Å². The van der Waals surface area contributed by atoms with Gasteiger partial charge in [0.2, 0.25) is 0 Å². The van der Waals surface area contributed by atoms with Crippen molar-refractivity contribution in [2.24, 2.45) is 17.6 Å². The Kier molecular flexibility index (Phi) is 2.02. The van der Waals surface area contributed by atoms with E-state index < -0.39 is 0 Å². The maximum absolute atomic E-state index is 5.82. The molecule has 2 N–H and O–H groups in total. The van der Waals surface area contributed by atoms with Gasteiger partial charge in [0.05, 0.1) is 0 Å². The third kappa shape index (κ3) is 1.08. The molecule has 2 fully saturated rings. The van der Waals surface area contributed by atoms with Gasteiger partial charge < -0.3 is 5.73 Å². The minimum Gasteiger partial charge on any atom is -0.327 e. The molecule has 2 saturated carbocycles. The van der Waals surface area contributed by atoms with Crippen molar-refractivity contribution in [3.8, 4) is 0 Å². The molecule has 0 spiro atoms. The minimum atomic E-state index is 0. The molecule has 2 heteroatoms. The van der Waals surface area contributed by atoms with Crippen molar-refractivity contribution in [1.82, 2.24) is 0 Å². The Morgan fingerprint density at radius 2 is 1.89 bits per heavy atom. The first-order valence-electron chi connectivity index (χ1n) is 3.62. The number of rotatable bonds is 0. The third-order valence-electron chi connectivity index (χ3n) is 2.79. The molecule has 1 unspecified atom stereocenters. The lowest BCUT2D eigenvalue weighted by atomic mass is 9.96.